The first-order valence-corrected chi connectivity index (χ1v) is 5.61. The fraction of sp³-hybridized carbons (Fsp3) is 0.333. The van der Waals surface area contributed by atoms with Gasteiger partial charge < -0.3 is 10.0 Å². The smallest absolute Gasteiger partial charge is 0.337 e. The second-order valence-electron chi connectivity index (χ2n) is 3.80. The maximum Gasteiger partial charge on any atom is 0.337 e. The van der Waals surface area contributed by atoms with E-state index in [1.165, 1.54) is 12.3 Å². The Hall–Kier alpha value is -1.55. The normalized spacial score (nSPS) is 10.1. The van der Waals surface area contributed by atoms with E-state index in [1.807, 2.05) is 18.7 Å². The molecule has 1 aromatic heterocycles. The third-order valence-corrected chi connectivity index (χ3v) is 2.54. The molecule has 1 rings (SSSR count). The van der Waals surface area contributed by atoms with Crippen LogP contribution in [0.1, 0.15) is 24.2 Å². The molecule has 0 atom stereocenters. The van der Waals surface area contributed by atoms with Gasteiger partial charge in [0.1, 0.15) is 5.82 Å². The van der Waals surface area contributed by atoms with Crippen LogP contribution in [0.15, 0.2) is 24.4 Å². The van der Waals surface area contributed by atoms with Gasteiger partial charge in [-0.15, -0.1) is 0 Å². The van der Waals surface area contributed by atoms with Crippen LogP contribution in [0.2, 0.25) is 5.02 Å². The number of pyridine rings is 1. The summed E-state index contributed by atoms with van der Waals surface area (Å²) < 4.78 is 0. The third kappa shape index (κ3) is 3.46. The number of anilines is 1. The zero-order chi connectivity index (χ0) is 13.0. The maximum absolute atomic E-state index is 11.0. The molecule has 0 bridgehead atoms. The van der Waals surface area contributed by atoms with E-state index < -0.39 is 5.97 Å². The Kier molecular flexibility index (Phi) is 4.52. The highest BCUT2D eigenvalue weighted by Gasteiger charge is 2.13. The lowest BCUT2D eigenvalue weighted by molar-refractivity contribution is 0.0697. The van der Waals surface area contributed by atoms with Crippen molar-refractivity contribution < 1.29 is 9.90 Å². The lowest BCUT2D eigenvalue weighted by atomic mass is 10.2. The van der Waals surface area contributed by atoms with E-state index in [-0.39, 0.29) is 10.6 Å². The molecule has 0 aliphatic carbocycles. The van der Waals surface area contributed by atoms with E-state index in [2.05, 4.69) is 11.6 Å². The third-order valence-electron chi connectivity index (χ3n) is 2.24. The van der Waals surface area contributed by atoms with Crippen LogP contribution in [-0.2, 0) is 0 Å². The average molecular weight is 255 g/mol. The molecule has 1 N–H and O–H groups in total. The quantitative estimate of drug-likeness (QED) is 0.821. The van der Waals surface area contributed by atoms with Crippen molar-refractivity contribution in [2.75, 3.05) is 18.0 Å². The molecule has 0 unspecified atom stereocenters. The van der Waals surface area contributed by atoms with E-state index in [1.54, 1.807) is 0 Å². The minimum absolute atomic E-state index is 0.0665. The van der Waals surface area contributed by atoms with Crippen LogP contribution < -0.4 is 4.90 Å². The van der Waals surface area contributed by atoms with Gasteiger partial charge in [0.15, 0.2) is 0 Å². The van der Waals surface area contributed by atoms with Gasteiger partial charge in [-0.05, 0) is 19.9 Å². The van der Waals surface area contributed by atoms with Crippen molar-refractivity contribution in [2.24, 2.45) is 0 Å². The number of carbonyl (C=O) groups is 1. The number of carboxylic acids is 1. The largest absolute Gasteiger partial charge is 0.478 e. The molecular weight excluding hydrogens is 240 g/mol. The monoisotopic (exact) mass is 254 g/mol. The summed E-state index contributed by atoms with van der Waals surface area (Å²) in [5, 5.41) is 9.12. The van der Waals surface area contributed by atoms with Crippen LogP contribution in [0.4, 0.5) is 5.82 Å². The van der Waals surface area contributed by atoms with Crippen molar-refractivity contribution in [3.63, 3.8) is 0 Å². The van der Waals surface area contributed by atoms with Gasteiger partial charge in [-0.3, -0.25) is 0 Å². The van der Waals surface area contributed by atoms with Crippen LogP contribution in [0.3, 0.4) is 0 Å². The molecule has 0 saturated carbocycles. The van der Waals surface area contributed by atoms with Crippen LogP contribution >= 0.6 is 11.6 Å². The standard InChI is InChI=1S/C12H15ClN2O2/c1-4-15(7-8(2)3)11-5-9(12(16)17)10(13)6-14-11/h5-6H,2,4,7H2,1,3H3,(H,16,17). The van der Waals surface area contributed by atoms with Gasteiger partial charge in [0, 0.05) is 19.3 Å². The Bertz CT molecular complexity index is 446. The molecular formula is C12H15ClN2O2. The van der Waals surface area contributed by atoms with Crippen molar-refractivity contribution in [1.29, 1.82) is 0 Å². The van der Waals surface area contributed by atoms with Gasteiger partial charge in [-0.2, -0.15) is 0 Å². The Morgan fingerprint density at radius 2 is 2.29 bits per heavy atom. The minimum atomic E-state index is -1.05. The predicted octanol–water partition coefficient (Wildman–Crippen LogP) is 2.84. The summed E-state index contributed by atoms with van der Waals surface area (Å²) in [6.45, 7) is 9.08. The number of rotatable bonds is 5. The lowest BCUT2D eigenvalue weighted by Gasteiger charge is -2.22. The van der Waals surface area contributed by atoms with Crippen LogP contribution in [-0.4, -0.2) is 29.1 Å². The van der Waals surface area contributed by atoms with Gasteiger partial charge >= 0.3 is 5.97 Å². The first-order valence-electron chi connectivity index (χ1n) is 5.23. The number of nitrogens with zero attached hydrogens (tertiary/aromatic N) is 2. The minimum Gasteiger partial charge on any atom is -0.478 e. The van der Waals surface area contributed by atoms with Crippen molar-refractivity contribution in [3.05, 3.63) is 35.0 Å². The second-order valence-corrected chi connectivity index (χ2v) is 4.21. The Morgan fingerprint density at radius 1 is 1.65 bits per heavy atom. The van der Waals surface area contributed by atoms with Crippen molar-refractivity contribution >= 4 is 23.4 Å². The molecule has 0 radical (unpaired) electrons. The number of hydrogen-bond donors (Lipinski definition) is 1. The molecule has 4 nitrogen and oxygen atoms in total. The number of carboxylic acid groups (broad SMARTS) is 1. The molecule has 92 valence electrons. The van der Waals surface area contributed by atoms with Gasteiger partial charge in [0.05, 0.1) is 10.6 Å². The maximum atomic E-state index is 11.0. The summed E-state index contributed by atoms with van der Waals surface area (Å²) >= 11 is 5.77. The van der Waals surface area contributed by atoms with E-state index in [4.69, 9.17) is 16.7 Å². The van der Waals surface area contributed by atoms with Gasteiger partial charge in [-0.25, -0.2) is 9.78 Å². The number of aromatic nitrogens is 1. The van der Waals surface area contributed by atoms with Crippen molar-refractivity contribution in [1.82, 2.24) is 4.98 Å². The van der Waals surface area contributed by atoms with E-state index in [0.717, 1.165) is 12.1 Å². The average Bonchev–Trinajstić information content (AvgIpc) is 2.26. The predicted molar refractivity (Wildman–Crippen MR) is 68.9 cm³/mol. The summed E-state index contributed by atoms with van der Waals surface area (Å²) in [6, 6.07) is 1.48. The highest BCUT2D eigenvalue weighted by atomic mass is 35.5. The van der Waals surface area contributed by atoms with Crippen LogP contribution in [0.5, 0.6) is 0 Å². The lowest BCUT2D eigenvalue weighted by Crippen LogP contribution is -2.25. The molecule has 0 fully saturated rings. The summed E-state index contributed by atoms with van der Waals surface area (Å²) in [5.41, 5.74) is 1.05. The molecule has 1 heterocycles. The van der Waals surface area contributed by atoms with E-state index in [0.29, 0.717) is 12.4 Å². The van der Waals surface area contributed by atoms with Crippen LogP contribution in [0, 0.1) is 0 Å². The molecule has 17 heavy (non-hydrogen) atoms. The first-order chi connectivity index (χ1) is 7.95. The van der Waals surface area contributed by atoms with E-state index in [9.17, 15) is 4.79 Å². The SMILES string of the molecule is C=C(C)CN(CC)c1cc(C(=O)O)c(Cl)cn1. The van der Waals surface area contributed by atoms with Crippen molar-refractivity contribution in [3.8, 4) is 0 Å². The van der Waals surface area contributed by atoms with E-state index >= 15 is 0 Å². The van der Waals surface area contributed by atoms with Crippen LogP contribution in [0.25, 0.3) is 0 Å². The topological polar surface area (TPSA) is 53.4 Å². The molecule has 1 aromatic rings. The number of hydrogen-bond acceptors (Lipinski definition) is 3. The molecule has 0 aliphatic heterocycles. The molecule has 5 heteroatoms. The number of aromatic carboxylic acids is 1. The molecule has 0 aliphatic rings. The zero-order valence-electron chi connectivity index (χ0n) is 9.90. The second kappa shape index (κ2) is 5.68. The Labute approximate surface area is 106 Å². The Balaban J connectivity index is 3.08. The number of halogens is 1. The fourth-order valence-corrected chi connectivity index (χ4v) is 1.63. The van der Waals surface area contributed by atoms with Crippen molar-refractivity contribution in [2.45, 2.75) is 13.8 Å². The fourth-order valence-electron chi connectivity index (χ4n) is 1.45. The summed E-state index contributed by atoms with van der Waals surface area (Å²) in [6.07, 6.45) is 1.36. The van der Waals surface area contributed by atoms with Gasteiger partial charge in [0.2, 0.25) is 0 Å². The summed E-state index contributed by atoms with van der Waals surface area (Å²) in [7, 11) is 0. The first kappa shape index (κ1) is 13.5. The summed E-state index contributed by atoms with van der Waals surface area (Å²) in [4.78, 5) is 17.0. The Morgan fingerprint density at radius 3 is 2.76 bits per heavy atom. The summed E-state index contributed by atoms with van der Waals surface area (Å²) in [5.74, 6) is -0.456. The molecule has 0 spiro atoms. The van der Waals surface area contributed by atoms with Gasteiger partial charge in [-0.1, -0.05) is 23.8 Å². The highest BCUT2D eigenvalue weighted by molar-refractivity contribution is 6.33. The zero-order valence-corrected chi connectivity index (χ0v) is 10.7. The molecule has 0 amide bonds. The highest BCUT2D eigenvalue weighted by Crippen LogP contribution is 2.20. The molecule has 0 saturated heterocycles. The number of likely N-dealkylation sites (N-methyl/N-ethyl adjacent to an activating group) is 1. The molecule has 0 aromatic carbocycles. The van der Waals surface area contributed by atoms with Gasteiger partial charge in [0.25, 0.3) is 0 Å².